The molecule has 0 saturated carbocycles. The summed E-state index contributed by atoms with van der Waals surface area (Å²) in [4.78, 5) is 4.65. The van der Waals surface area contributed by atoms with Gasteiger partial charge in [0.1, 0.15) is 0 Å². The number of fused-ring (bicyclic) bond motifs is 2. The number of benzene rings is 1. The van der Waals surface area contributed by atoms with Gasteiger partial charge in [-0.3, -0.25) is 0 Å². The Morgan fingerprint density at radius 3 is 2.76 bits per heavy atom. The van der Waals surface area contributed by atoms with Crippen LogP contribution in [0, 0.1) is 0 Å². The Labute approximate surface area is 128 Å². The van der Waals surface area contributed by atoms with Crippen LogP contribution in [0.5, 0.6) is 0 Å². The average molecular weight is 298 g/mol. The predicted molar refractivity (Wildman–Crippen MR) is 86.7 cm³/mol. The largest absolute Gasteiger partial charge is 0.394 e. The number of nitrogens with zero attached hydrogens (tertiary/aromatic N) is 2. The van der Waals surface area contributed by atoms with Crippen LogP contribution in [-0.2, 0) is 12.8 Å². The Morgan fingerprint density at radius 2 is 1.90 bits per heavy atom. The van der Waals surface area contributed by atoms with E-state index in [2.05, 4.69) is 23.2 Å². The molecule has 4 heteroatoms. The first-order valence-electron chi connectivity index (χ1n) is 7.27. The molecule has 21 heavy (non-hydrogen) atoms. The average Bonchev–Trinajstić information content (AvgIpc) is 2.95. The highest BCUT2D eigenvalue weighted by molar-refractivity contribution is 6.33. The van der Waals surface area contributed by atoms with Gasteiger partial charge in [0.05, 0.1) is 16.4 Å². The highest BCUT2D eigenvalue weighted by Crippen LogP contribution is 2.29. The predicted octanol–water partition coefficient (Wildman–Crippen LogP) is 4.12. The minimum Gasteiger partial charge on any atom is -0.394 e. The number of aromatic nitrogens is 2. The molecule has 0 atom stereocenters. The molecule has 0 fully saturated rings. The smallest absolute Gasteiger partial charge is 0.162 e. The van der Waals surface area contributed by atoms with Crippen molar-refractivity contribution in [2.75, 3.05) is 5.73 Å². The van der Waals surface area contributed by atoms with Crippen molar-refractivity contribution in [1.82, 2.24) is 9.38 Å². The fourth-order valence-corrected chi connectivity index (χ4v) is 3.22. The Balaban J connectivity index is 1.84. The first kappa shape index (κ1) is 12.7. The third-order valence-electron chi connectivity index (χ3n) is 4.26. The van der Waals surface area contributed by atoms with E-state index in [4.69, 9.17) is 17.3 Å². The standard InChI is InChI=1S/C17H16ClN3/c18-14-7-8-21-10-15(20-17(21)16(14)19)13-6-5-11-3-1-2-4-12(11)9-13/h5-10H,1-4,19H2. The molecule has 0 unspecified atom stereocenters. The van der Waals surface area contributed by atoms with Crippen molar-refractivity contribution in [3.8, 4) is 11.3 Å². The number of hydrogen-bond donors (Lipinski definition) is 1. The second kappa shape index (κ2) is 4.78. The first-order chi connectivity index (χ1) is 10.2. The summed E-state index contributed by atoms with van der Waals surface area (Å²) in [6.07, 6.45) is 8.85. The maximum absolute atomic E-state index is 6.06. The summed E-state index contributed by atoms with van der Waals surface area (Å²) < 4.78 is 1.93. The molecule has 2 heterocycles. The molecule has 1 aliphatic rings. The van der Waals surface area contributed by atoms with Crippen molar-refractivity contribution in [3.63, 3.8) is 0 Å². The number of nitrogens with two attached hydrogens (primary N) is 1. The Kier molecular flexibility index (Phi) is 2.89. The summed E-state index contributed by atoms with van der Waals surface area (Å²) in [6, 6.07) is 8.46. The van der Waals surface area contributed by atoms with Crippen molar-refractivity contribution < 1.29 is 0 Å². The van der Waals surface area contributed by atoms with E-state index in [9.17, 15) is 0 Å². The van der Waals surface area contributed by atoms with E-state index in [1.54, 1.807) is 6.07 Å². The molecule has 2 N–H and O–H groups in total. The highest BCUT2D eigenvalue weighted by atomic mass is 35.5. The van der Waals surface area contributed by atoms with Crippen molar-refractivity contribution in [2.24, 2.45) is 0 Å². The van der Waals surface area contributed by atoms with Crippen LogP contribution >= 0.6 is 11.6 Å². The van der Waals surface area contributed by atoms with E-state index < -0.39 is 0 Å². The zero-order valence-electron chi connectivity index (χ0n) is 11.6. The number of imidazole rings is 1. The SMILES string of the molecule is Nc1c(Cl)ccn2cc(-c3ccc4c(c3)CCCC4)nc12. The zero-order valence-corrected chi connectivity index (χ0v) is 12.4. The van der Waals surface area contributed by atoms with Crippen LogP contribution in [-0.4, -0.2) is 9.38 Å². The van der Waals surface area contributed by atoms with Gasteiger partial charge in [0.15, 0.2) is 5.65 Å². The van der Waals surface area contributed by atoms with E-state index in [1.165, 1.54) is 36.8 Å². The minimum absolute atomic E-state index is 0.531. The normalized spacial score (nSPS) is 14.3. The van der Waals surface area contributed by atoms with Crippen molar-refractivity contribution in [1.29, 1.82) is 0 Å². The number of hydrogen-bond acceptors (Lipinski definition) is 2. The molecule has 1 aromatic carbocycles. The third kappa shape index (κ3) is 2.09. The molecule has 106 valence electrons. The number of pyridine rings is 1. The molecule has 4 rings (SSSR count). The second-order valence-corrected chi connectivity index (χ2v) is 6.03. The molecule has 0 radical (unpaired) electrons. The Hall–Kier alpha value is -2.00. The lowest BCUT2D eigenvalue weighted by molar-refractivity contribution is 0.686. The summed E-state index contributed by atoms with van der Waals surface area (Å²) >= 11 is 6.06. The number of aryl methyl sites for hydroxylation is 2. The van der Waals surface area contributed by atoms with Gasteiger partial charge in [0.2, 0.25) is 0 Å². The molecule has 3 aromatic rings. The van der Waals surface area contributed by atoms with Gasteiger partial charge in [-0.25, -0.2) is 4.98 Å². The van der Waals surface area contributed by atoms with Crippen LogP contribution in [0.25, 0.3) is 16.9 Å². The van der Waals surface area contributed by atoms with Crippen LogP contribution in [0.1, 0.15) is 24.0 Å². The van der Waals surface area contributed by atoms with Gasteiger partial charge in [-0.1, -0.05) is 23.7 Å². The highest BCUT2D eigenvalue weighted by Gasteiger charge is 2.13. The van der Waals surface area contributed by atoms with Gasteiger partial charge in [0.25, 0.3) is 0 Å². The lowest BCUT2D eigenvalue weighted by atomic mass is 9.90. The third-order valence-corrected chi connectivity index (χ3v) is 4.59. The van der Waals surface area contributed by atoms with Gasteiger partial charge in [-0.2, -0.15) is 0 Å². The van der Waals surface area contributed by atoms with Gasteiger partial charge >= 0.3 is 0 Å². The number of rotatable bonds is 1. The maximum Gasteiger partial charge on any atom is 0.162 e. The molecule has 0 aliphatic heterocycles. The van der Waals surface area contributed by atoms with Gasteiger partial charge in [-0.15, -0.1) is 0 Å². The van der Waals surface area contributed by atoms with E-state index in [0.29, 0.717) is 10.7 Å². The van der Waals surface area contributed by atoms with Gasteiger partial charge < -0.3 is 10.1 Å². The van der Waals surface area contributed by atoms with Crippen molar-refractivity contribution in [2.45, 2.75) is 25.7 Å². The van der Waals surface area contributed by atoms with Crippen LogP contribution < -0.4 is 5.73 Å². The minimum atomic E-state index is 0.531. The number of halogens is 1. The molecular formula is C17H16ClN3. The van der Waals surface area contributed by atoms with E-state index in [1.807, 2.05) is 16.8 Å². The molecule has 1 aliphatic carbocycles. The lowest BCUT2D eigenvalue weighted by Crippen LogP contribution is -2.02. The van der Waals surface area contributed by atoms with Gasteiger partial charge in [0, 0.05) is 18.0 Å². The van der Waals surface area contributed by atoms with E-state index >= 15 is 0 Å². The van der Waals surface area contributed by atoms with Crippen molar-refractivity contribution >= 4 is 22.9 Å². The topological polar surface area (TPSA) is 43.3 Å². The second-order valence-electron chi connectivity index (χ2n) is 5.62. The molecule has 0 bridgehead atoms. The first-order valence-corrected chi connectivity index (χ1v) is 7.65. The molecule has 0 saturated heterocycles. The summed E-state index contributed by atoms with van der Waals surface area (Å²) in [5, 5.41) is 0.546. The monoisotopic (exact) mass is 297 g/mol. The lowest BCUT2D eigenvalue weighted by Gasteiger charge is -2.15. The molecular weight excluding hydrogens is 282 g/mol. The van der Waals surface area contributed by atoms with Crippen LogP contribution in [0.3, 0.4) is 0 Å². The summed E-state index contributed by atoms with van der Waals surface area (Å²) in [5.41, 5.74) is 12.3. The molecule has 3 nitrogen and oxygen atoms in total. The zero-order chi connectivity index (χ0) is 14.4. The van der Waals surface area contributed by atoms with E-state index in [-0.39, 0.29) is 0 Å². The van der Waals surface area contributed by atoms with Gasteiger partial charge in [-0.05, 0) is 48.9 Å². The molecule has 2 aromatic heterocycles. The van der Waals surface area contributed by atoms with Crippen LogP contribution in [0.2, 0.25) is 5.02 Å². The van der Waals surface area contributed by atoms with E-state index in [0.717, 1.165) is 16.9 Å². The maximum atomic E-state index is 6.06. The number of anilines is 1. The van der Waals surface area contributed by atoms with Crippen LogP contribution in [0.4, 0.5) is 5.69 Å². The van der Waals surface area contributed by atoms with Crippen molar-refractivity contribution in [3.05, 3.63) is 52.8 Å². The summed E-state index contributed by atoms with van der Waals surface area (Å²) in [6.45, 7) is 0. The van der Waals surface area contributed by atoms with Crippen LogP contribution in [0.15, 0.2) is 36.7 Å². The fourth-order valence-electron chi connectivity index (χ4n) is 3.08. The Morgan fingerprint density at radius 1 is 1.10 bits per heavy atom. The Bertz CT molecular complexity index is 835. The molecule has 0 amide bonds. The fraction of sp³-hybridized carbons (Fsp3) is 0.235. The number of nitrogen functional groups attached to an aromatic ring is 1. The molecule has 0 spiro atoms. The summed E-state index contributed by atoms with van der Waals surface area (Å²) in [5.74, 6) is 0. The quantitative estimate of drug-likeness (QED) is 0.734. The summed E-state index contributed by atoms with van der Waals surface area (Å²) in [7, 11) is 0.